The van der Waals surface area contributed by atoms with Crippen LogP contribution in [-0.2, 0) is 0 Å². The van der Waals surface area contributed by atoms with Crippen LogP contribution in [0.15, 0.2) is 24.7 Å². The van der Waals surface area contributed by atoms with Gasteiger partial charge in [0, 0.05) is 38.2 Å². The standard InChI is InChI=1S/C15H21ClN4/c1-15(2)10-17-5-4-13(15)20-7-6-19(3)12-8-11(16)9-18-14(12)20/h6-9,13,17H,4-5,10H2,1-3H3. The first-order chi connectivity index (χ1) is 9.49. The van der Waals surface area contributed by atoms with Crippen LogP contribution in [0.1, 0.15) is 20.3 Å². The SMILES string of the molecule is CN1C=CN(C2CCNCC2(C)C)c2ncc(Cl)cc21. The number of hydrogen-bond acceptors (Lipinski definition) is 4. The monoisotopic (exact) mass is 292 g/mol. The van der Waals surface area contributed by atoms with E-state index < -0.39 is 0 Å². The maximum Gasteiger partial charge on any atom is 0.156 e. The number of rotatable bonds is 1. The minimum absolute atomic E-state index is 0.205. The highest BCUT2D eigenvalue weighted by Gasteiger charge is 2.38. The molecular formula is C15H21ClN4. The summed E-state index contributed by atoms with van der Waals surface area (Å²) in [7, 11) is 2.03. The van der Waals surface area contributed by atoms with E-state index in [9.17, 15) is 0 Å². The predicted molar refractivity (Wildman–Crippen MR) is 84.3 cm³/mol. The Balaban J connectivity index is 2.01. The molecule has 3 heterocycles. The second kappa shape index (κ2) is 4.93. The number of nitrogens with one attached hydrogen (secondary N) is 1. The van der Waals surface area contributed by atoms with Crippen molar-refractivity contribution in [1.29, 1.82) is 0 Å². The molecule has 0 radical (unpaired) electrons. The fourth-order valence-corrected chi connectivity index (χ4v) is 3.28. The Kier molecular flexibility index (Phi) is 3.38. The van der Waals surface area contributed by atoms with Crippen LogP contribution in [0.4, 0.5) is 11.5 Å². The Labute approximate surface area is 125 Å². The zero-order chi connectivity index (χ0) is 14.3. The van der Waals surface area contributed by atoms with Crippen molar-refractivity contribution >= 4 is 23.1 Å². The Morgan fingerprint density at radius 3 is 2.95 bits per heavy atom. The van der Waals surface area contributed by atoms with Crippen molar-refractivity contribution in [3.63, 3.8) is 0 Å². The third kappa shape index (κ3) is 2.27. The summed E-state index contributed by atoms with van der Waals surface area (Å²) in [6, 6.07) is 2.43. The van der Waals surface area contributed by atoms with Crippen molar-refractivity contribution in [3.8, 4) is 0 Å². The molecule has 0 bridgehead atoms. The summed E-state index contributed by atoms with van der Waals surface area (Å²) < 4.78 is 0. The van der Waals surface area contributed by atoms with E-state index in [-0.39, 0.29) is 5.41 Å². The second-order valence-electron chi connectivity index (χ2n) is 6.28. The number of hydrogen-bond donors (Lipinski definition) is 1. The van der Waals surface area contributed by atoms with Gasteiger partial charge in [-0.2, -0.15) is 0 Å². The van der Waals surface area contributed by atoms with E-state index >= 15 is 0 Å². The van der Waals surface area contributed by atoms with E-state index in [1.54, 1.807) is 6.20 Å². The Hall–Kier alpha value is -1.26. The average Bonchev–Trinajstić information content (AvgIpc) is 2.40. The predicted octanol–water partition coefficient (Wildman–Crippen LogP) is 2.85. The minimum Gasteiger partial charge on any atom is -0.347 e. The summed E-state index contributed by atoms with van der Waals surface area (Å²) >= 11 is 6.09. The molecule has 2 aliphatic heterocycles. The van der Waals surface area contributed by atoms with Gasteiger partial charge in [-0.15, -0.1) is 0 Å². The summed E-state index contributed by atoms with van der Waals surface area (Å²) in [4.78, 5) is 8.95. The number of piperidine rings is 1. The summed E-state index contributed by atoms with van der Waals surface area (Å²) in [5, 5.41) is 4.16. The molecule has 0 saturated carbocycles. The van der Waals surface area contributed by atoms with Gasteiger partial charge in [0.2, 0.25) is 0 Å². The lowest BCUT2D eigenvalue weighted by atomic mass is 9.79. The van der Waals surface area contributed by atoms with E-state index in [0.29, 0.717) is 11.1 Å². The fourth-order valence-electron chi connectivity index (χ4n) is 3.13. The van der Waals surface area contributed by atoms with Crippen molar-refractivity contribution in [3.05, 3.63) is 29.7 Å². The molecule has 4 nitrogen and oxygen atoms in total. The second-order valence-corrected chi connectivity index (χ2v) is 6.72. The van der Waals surface area contributed by atoms with Crippen LogP contribution in [0.5, 0.6) is 0 Å². The van der Waals surface area contributed by atoms with Gasteiger partial charge in [0.15, 0.2) is 5.82 Å². The van der Waals surface area contributed by atoms with Crippen LogP contribution >= 0.6 is 11.6 Å². The molecule has 0 aromatic carbocycles. The Bertz CT molecular complexity index is 541. The minimum atomic E-state index is 0.205. The molecule has 1 saturated heterocycles. The van der Waals surface area contributed by atoms with Crippen molar-refractivity contribution in [1.82, 2.24) is 10.3 Å². The fraction of sp³-hybridized carbons (Fsp3) is 0.533. The molecule has 0 aliphatic carbocycles. The van der Waals surface area contributed by atoms with Crippen LogP contribution in [-0.4, -0.2) is 31.2 Å². The summed E-state index contributed by atoms with van der Waals surface area (Å²) in [6.45, 7) is 6.70. The van der Waals surface area contributed by atoms with Crippen LogP contribution in [0, 0.1) is 5.41 Å². The maximum atomic E-state index is 6.09. The number of halogens is 1. The highest BCUT2D eigenvalue weighted by molar-refractivity contribution is 6.30. The smallest absolute Gasteiger partial charge is 0.156 e. The Morgan fingerprint density at radius 1 is 1.40 bits per heavy atom. The molecule has 20 heavy (non-hydrogen) atoms. The first kappa shape index (κ1) is 13.7. The molecule has 3 rings (SSSR count). The van der Waals surface area contributed by atoms with Gasteiger partial charge >= 0.3 is 0 Å². The third-order valence-corrected chi connectivity index (χ3v) is 4.51. The van der Waals surface area contributed by atoms with Crippen LogP contribution in [0.25, 0.3) is 0 Å². The first-order valence-corrected chi connectivity index (χ1v) is 7.42. The summed E-state index contributed by atoms with van der Waals surface area (Å²) in [5.74, 6) is 0.999. The van der Waals surface area contributed by atoms with E-state index in [2.05, 4.69) is 46.3 Å². The number of nitrogens with zero attached hydrogens (tertiary/aromatic N) is 3. The quantitative estimate of drug-likeness (QED) is 0.862. The summed E-state index contributed by atoms with van der Waals surface area (Å²) in [6.07, 6.45) is 7.07. The van der Waals surface area contributed by atoms with E-state index in [4.69, 9.17) is 11.6 Å². The Morgan fingerprint density at radius 2 is 2.20 bits per heavy atom. The molecule has 2 aliphatic rings. The van der Waals surface area contributed by atoms with Crippen molar-refractivity contribution in [2.45, 2.75) is 26.3 Å². The average molecular weight is 293 g/mol. The molecule has 1 atom stereocenters. The van der Waals surface area contributed by atoms with E-state index in [1.165, 1.54) is 0 Å². The topological polar surface area (TPSA) is 31.4 Å². The van der Waals surface area contributed by atoms with Gasteiger partial charge in [0.05, 0.1) is 10.7 Å². The number of fused-ring (bicyclic) bond motifs is 1. The zero-order valence-electron chi connectivity index (χ0n) is 12.2. The molecule has 5 heteroatoms. The largest absolute Gasteiger partial charge is 0.347 e. The van der Waals surface area contributed by atoms with Gasteiger partial charge in [-0.05, 0) is 24.4 Å². The highest BCUT2D eigenvalue weighted by atomic mass is 35.5. The lowest BCUT2D eigenvalue weighted by Crippen LogP contribution is -2.54. The van der Waals surface area contributed by atoms with Crippen molar-refractivity contribution in [2.24, 2.45) is 5.41 Å². The maximum absolute atomic E-state index is 6.09. The molecule has 1 N–H and O–H groups in total. The first-order valence-electron chi connectivity index (χ1n) is 7.05. The molecule has 0 amide bonds. The van der Waals surface area contributed by atoms with Crippen LogP contribution < -0.4 is 15.1 Å². The summed E-state index contributed by atoms with van der Waals surface area (Å²) in [5.41, 5.74) is 1.27. The lowest BCUT2D eigenvalue weighted by Gasteiger charge is -2.46. The number of aromatic nitrogens is 1. The third-order valence-electron chi connectivity index (χ3n) is 4.30. The van der Waals surface area contributed by atoms with Gasteiger partial charge in [0.25, 0.3) is 0 Å². The lowest BCUT2D eigenvalue weighted by molar-refractivity contribution is 0.218. The van der Waals surface area contributed by atoms with Crippen molar-refractivity contribution in [2.75, 3.05) is 29.9 Å². The molecule has 1 unspecified atom stereocenters. The number of anilines is 2. The van der Waals surface area contributed by atoms with Gasteiger partial charge in [-0.25, -0.2) is 4.98 Å². The molecular weight excluding hydrogens is 272 g/mol. The molecule has 0 spiro atoms. The van der Waals surface area contributed by atoms with Gasteiger partial charge in [-0.3, -0.25) is 0 Å². The van der Waals surface area contributed by atoms with Gasteiger partial charge in [-0.1, -0.05) is 25.4 Å². The molecule has 108 valence electrons. The van der Waals surface area contributed by atoms with Crippen LogP contribution in [0.3, 0.4) is 0 Å². The van der Waals surface area contributed by atoms with Crippen LogP contribution in [0.2, 0.25) is 5.02 Å². The van der Waals surface area contributed by atoms with E-state index in [1.807, 2.05) is 13.1 Å². The zero-order valence-corrected chi connectivity index (χ0v) is 13.0. The van der Waals surface area contributed by atoms with Gasteiger partial charge < -0.3 is 15.1 Å². The van der Waals surface area contributed by atoms with E-state index in [0.717, 1.165) is 31.0 Å². The van der Waals surface area contributed by atoms with Crippen molar-refractivity contribution < 1.29 is 0 Å². The molecule has 1 aromatic rings. The number of pyridine rings is 1. The molecule has 1 aromatic heterocycles. The van der Waals surface area contributed by atoms with Gasteiger partial charge in [0.1, 0.15) is 0 Å². The normalized spacial score (nSPS) is 24.7. The highest BCUT2D eigenvalue weighted by Crippen LogP contribution is 2.39. The molecule has 1 fully saturated rings.